The standard InChI is InChI=1S/C40H41F3N8O6S/c1-49(58(2,56)57)28-5-3-4-25(18-28)22-45-33-20-35(46-23-32(33)40(41,42)43)47-27-8-6-24(7-9-27)21-44-26-14-16-50(17-15-26)29-10-11-30-31(19-29)39(55)51(38(30)54)34-12-13-36(52)48-37(34)53/h3-11,18-20,23,26,34,44H,12-17,21-22H2,1-2H3,(H2,45,46,47)(H,48,52,53). The summed E-state index contributed by atoms with van der Waals surface area (Å²) in [5, 5.41) is 11.7. The molecule has 4 amide bonds. The average Bonchev–Trinajstić information content (AvgIpc) is 3.44. The summed E-state index contributed by atoms with van der Waals surface area (Å²) in [5.41, 5.74) is 2.77. The maximum atomic E-state index is 13.9. The molecular weight excluding hydrogens is 778 g/mol. The van der Waals surface area contributed by atoms with Crippen LogP contribution in [0.5, 0.6) is 0 Å². The minimum absolute atomic E-state index is 0.00292. The number of sulfonamides is 1. The predicted octanol–water partition coefficient (Wildman–Crippen LogP) is 5.01. The predicted molar refractivity (Wildman–Crippen MR) is 211 cm³/mol. The number of anilines is 5. The molecule has 4 heterocycles. The number of rotatable bonds is 12. The van der Waals surface area contributed by atoms with Gasteiger partial charge in [0, 0.05) is 69.3 Å². The van der Waals surface area contributed by atoms with E-state index in [1.165, 1.54) is 13.1 Å². The van der Waals surface area contributed by atoms with Gasteiger partial charge in [-0.1, -0.05) is 24.3 Å². The number of benzene rings is 3. The van der Waals surface area contributed by atoms with E-state index >= 15 is 0 Å². The van der Waals surface area contributed by atoms with E-state index in [9.17, 15) is 40.8 Å². The van der Waals surface area contributed by atoms with Crippen LogP contribution >= 0.6 is 0 Å². The number of carbonyl (C=O) groups excluding carboxylic acids is 4. The van der Waals surface area contributed by atoms with Crippen molar-refractivity contribution in [1.29, 1.82) is 0 Å². The van der Waals surface area contributed by atoms with Crippen molar-refractivity contribution in [3.05, 3.63) is 107 Å². The van der Waals surface area contributed by atoms with Gasteiger partial charge in [-0.25, -0.2) is 13.4 Å². The molecule has 1 atom stereocenters. The third-order valence-electron chi connectivity index (χ3n) is 10.6. The van der Waals surface area contributed by atoms with Crippen LogP contribution in [-0.2, 0) is 38.9 Å². The van der Waals surface area contributed by atoms with E-state index < -0.39 is 51.4 Å². The molecule has 3 aliphatic heterocycles. The third-order valence-corrected chi connectivity index (χ3v) is 11.8. The third kappa shape index (κ3) is 8.77. The molecule has 0 spiro atoms. The lowest BCUT2D eigenvalue weighted by Crippen LogP contribution is -2.54. The van der Waals surface area contributed by atoms with Gasteiger partial charge in [-0.05, 0) is 72.9 Å². The molecule has 58 heavy (non-hydrogen) atoms. The molecule has 14 nitrogen and oxygen atoms in total. The number of aromatic nitrogens is 1. The molecule has 0 bridgehead atoms. The van der Waals surface area contributed by atoms with Crippen LogP contribution in [0.1, 0.15) is 63.1 Å². The Hall–Kier alpha value is -6.01. The maximum absolute atomic E-state index is 13.9. The monoisotopic (exact) mass is 818 g/mol. The summed E-state index contributed by atoms with van der Waals surface area (Å²) in [6.45, 7) is 2.01. The number of nitrogens with one attached hydrogen (secondary N) is 4. The summed E-state index contributed by atoms with van der Waals surface area (Å²) in [4.78, 5) is 57.5. The Morgan fingerprint density at radius 3 is 2.29 bits per heavy atom. The zero-order chi connectivity index (χ0) is 41.4. The highest BCUT2D eigenvalue weighted by Gasteiger charge is 2.45. The molecule has 3 aliphatic rings. The second-order valence-corrected chi connectivity index (χ2v) is 16.5. The summed E-state index contributed by atoms with van der Waals surface area (Å²) in [6.07, 6.45) is -1.03. The van der Waals surface area contributed by atoms with Crippen molar-refractivity contribution < 1.29 is 40.8 Å². The van der Waals surface area contributed by atoms with E-state index in [4.69, 9.17) is 0 Å². The van der Waals surface area contributed by atoms with Crippen LogP contribution in [0.3, 0.4) is 0 Å². The zero-order valence-electron chi connectivity index (χ0n) is 31.6. The fourth-order valence-electron chi connectivity index (χ4n) is 7.26. The highest BCUT2D eigenvalue weighted by atomic mass is 32.2. The molecule has 0 aliphatic carbocycles. The van der Waals surface area contributed by atoms with Gasteiger partial charge in [-0.15, -0.1) is 0 Å². The molecule has 4 aromatic rings. The SMILES string of the molecule is CN(c1cccc(CNc2cc(Nc3ccc(CNC4CCN(c5ccc6c(c5)C(=O)N(C5CCC(=O)NC5=O)C6=O)CC4)cc3)ncc2C(F)(F)F)c1)S(C)(=O)=O. The summed E-state index contributed by atoms with van der Waals surface area (Å²) < 4.78 is 66.7. The lowest BCUT2D eigenvalue weighted by Gasteiger charge is -2.34. The van der Waals surface area contributed by atoms with Gasteiger partial charge < -0.3 is 20.9 Å². The van der Waals surface area contributed by atoms with Crippen LogP contribution in [0.2, 0.25) is 0 Å². The quantitative estimate of drug-likeness (QED) is 0.142. The van der Waals surface area contributed by atoms with E-state index in [1.807, 2.05) is 30.3 Å². The number of amides is 4. The molecular formula is C40H41F3N8O6S. The topological polar surface area (TPSA) is 173 Å². The number of alkyl halides is 3. The number of carbonyl (C=O) groups is 4. The van der Waals surface area contributed by atoms with Crippen molar-refractivity contribution in [3.8, 4) is 0 Å². The normalized spacial score (nSPS) is 17.6. The maximum Gasteiger partial charge on any atom is 0.419 e. The first kappa shape index (κ1) is 40.2. The molecule has 0 radical (unpaired) electrons. The number of hydrogen-bond donors (Lipinski definition) is 4. The Kier molecular flexibility index (Phi) is 11.2. The molecule has 2 saturated heterocycles. The van der Waals surface area contributed by atoms with Crippen LogP contribution in [0.15, 0.2) is 79.0 Å². The summed E-state index contributed by atoms with van der Waals surface area (Å²) in [5.74, 6) is -1.95. The molecule has 0 saturated carbocycles. The van der Waals surface area contributed by atoms with Gasteiger partial charge in [0.1, 0.15) is 11.9 Å². The summed E-state index contributed by atoms with van der Waals surface area (Å²) in [6, 6.07) is 19.6. The zero-order valence-corrected chi connectivity index (χ0v) is 32.4. The van der Waals surface area contributed by atoms with Crippen LogP contribution in [0, 0.1) is 0 Å². The largest absolute Gasteiger partial charge is 0.419 e. The van der Waals surface area contributed by atoms with Crippen LogP contribution in [0.25, 0.3) is 0 Å². The Bertz CT molecular complexity index is 2370. The second kappa shape index (κ2) is 16.1. The fourth-order valence-corrected chi connectivity index (χ4v) is 7.76. The van der Waals surface area contributed by atoms with Gasteiger partial charge >= 0.3 is 6.18 Å². The lowest BCUT2D eigenvalue weighted by molar-refractivity contribution is -0.137. The van der Waals surface area contributed by atoms with Gasteiger partial charge in [-0.3, -0.25) is 33.7 Å². The van der Waals surface area contributed by atoms with Crippen LogP contribution in [-0.4, -0.2) is 80.4 Å². The Labute approximate surface area is 332 Å². The van der Waals surface area contributed by atoms with Gasteiger partial charge in [0.05, 0.1) is 34.3 Å². The smallest absolute Gasteiger partial charge is 0.380 e. The van der Waals surface area contributed by atoms with Gasteiger partial charge in [0.25, 0.3) is 11.8 Å². The second-order valence-electron chi connectivity index (χ2n) is 14.5. The molecule has 4 N–H and O–H groups in total. The fraction of sp³-hybridized carbons (Fsp3) is 0.325. The minimum Gasteiger partial charge on any atom is -0.380 e. The van der Waals surface area contributed by atoms with Crippen molar-refractivity contribution in [1.82, 2.24) is 20.5 Å². The van der Waals surface area contributed by atoms with Crippen molar-refractivity contribution in [2.75, 3.05) is 46.2 Å². The van der Waals surface area contributed by atoms with Crippen molar-refractivity contribution in [3.63, 3.8) is 0 Å². The highest BCUT2D eigenvalue weighted by molar-refractivity contribution is 7.92. The Morgan fingerprint density at radius 2 is 1.60 bits per heavy atom. The number of halogens is 3. The van der Waals surface area contributed by atoms with E-state index in [0.29, 0.717) is 36.6 Å². The molecule has 1 aromatic heterocycles. The summed E-state index contributed by atoms with van der Waals surface area (Å²) >= 11 is 0. The number of pyridine rings is 1. The van der Waals surface area contributed by atoms with E-state index in [0.717, 1.165) is 45.8 Å². The highest BCUT2D eigenvalue weighted by Crippen LogP contribution is 2.36. The van der Waals surface area contributed by atoms with E-state index in [1.54, 1.807) is 36.4 Å². The molecule has 7 rings (SSSR count). The lowest BCUT2D eigenvalue weighted by atomic mass is 10.0. The first-order valence-corrected chi connectivity index (χ1v) is 20.4. The van der Waals surface area contributed by atoms with Gasteiger partial charge in [0.2, 0.25) is 21.8 Å². The van der Waals surface area contributed by atoms with Crippen LogP contribution < -0.4 is 30.5 Å². The number of fused-ring (bicyclic) bond motifs is 1. The molecule has 1 unspecified atom stereocenters. The average molecular weight is 819 g/mol. The molecule has 3 aromatic carbocycles. The molecule has 2 fully saturated rings. The van der Waals surface area contributed by atoms with Crippen molar-refractivity contribution >= 4 is 62.2 Å². The van der Waals surface area contributed by atoms with Gasteiger partial charge in [0.15, 0.2) is 0 Å². The Morgan fingerprint density at radius 1 is 0.879 bits per heavy atom. The van der Waals surface area contributed by atoms with Crippen molar-refractivity contribution in [2.24, 2.45) is 0 Å². The summed E-state index contributed by atoms with van der Waals surface area (Å²) in [7, 11) is -2.12. The first-order valence-electron chi connectivity index (χ1n) is 18.6. The number of imide groups is 2. The first-order chi connectivity index (χ1) is 27.5. The number of nitrogens with zero attached hydrogens (tertiary/aromatic N) is 4. The van der Waals surface area contributed by atoms with Gasteiger partial charge in [-0.2, -0.15) is 13.2 Å². The Balaban J connectivity index is 0.917. The van der Waals surface area contributed by atoms with E-state index in [2.05, 4.69) is 31.2 Å². The molecule has 304 valence electrons. The number of piperidine rings is 2. The van der Waals surface area contributed by atoms with Crippen LogP contribution in [0.4, 0.5) is 41.7 Å². The minimum atomic E-state index is -4.66. The number of hydrogen-bond acceptors (Lipinski definition) is 11. The molecule has 18 heteroatoms. The van der Waals surface area contributed by atoms with Crippen molar-refractivity contribution in [2.45, 2.75) is 57.0 Å². The van der Waals surface area contributed by atoms with E-state index in [-0.39, 0.29) is 48.1 Å².